The molecule has 6 heteroatoms. The molecule has 1 heterocycles. The molecule has 0 amide bonds. The van der Waals surface area contributed by atoms with Crippen molar-refractivity contribution in [3.63, 3.8) is 0 Å². The molecule has 0 aliphatic rings. The summed E-state index contributed by atoms with van der Waals surface area (Å²) in [5.41, 5.74) is 6.67. The van der Waals surface area contributed by atoms with E-state index < -0.39 is 17.7 Å². The fourth-order valence-electron chi connectivity index (χ4n) is 1.72. The summed E-state index contributed by atoms with van der Waals surface area (Å²) in [6, 6.07) is 4.28. The molecule has 100 valence electrons. The van der Waals surface area contributed by atoms with E-state index in [9.17, 15) is 8.78 Å². The highest BCUT2D eigenvalue weighted by atomic mass is 35.5. The van der Waals surface area contributed by atoms with Crippen LogP contribution in [-0.2, 0) is 6.42 Å². The summed E-state index contributed by atoms with van der Waals surface area (Å²) >= 11 is 11.7. The second kappa shape index (κ2) is 5.82. The first kappa shape index (κ1) is 14.2. The highest BCUT2D eigenvalue weighted by Crippen LogP contribution is 2.25. The first-order chi connectivity index (χ1) is 8.97. The van der Waals surface area contributed by atoms with E-state index in [1.54, 1.807) is 0 Å². The molecule has 1 aromatic heterocycles. The molecular formula is C13H10Cl2F2N2. The molecule has 2 nitrogen and oxygen atoms in total. The molecule has 1 aromatic carbocycles. The van der Waals surface area contributed by atoms with Gasteiger partial charge in [-0.05, 0) is 24.1 Å². The third-order valence-electron chi connectivity index (χ3n) is 2.64. The maximum absolute atomic E-state index is 13.5. The molecule has 2 aromatic rings. The number of nitrogens with two attached hydrogens (primary N) is 1. The van der Waals surface area contributed by atoms with Crippen LogP contribution in [0.25, 0.3) is 0 Å². The van der Waals surface area contributed by atoms with E-state index in [0.717, 1.165) is 6.07 Å². The van der Waals surface area contributed by atoms with Crippen LogP contribution in [0.5, 0.6) is 0 Å². The third-order valence-corrected chi connectivity index (χ3v) is 3.15. The lowest BCUT2D eigenvalue weighted by Crippen LogP contribution is -2.16. The van der Waals surface area contributed by atoms with E-state index in [-0.39, 0.29) is 6.42 Å². The Kier molecular flexibility index (Phi) is 4.34. The molecule has 19 heavy (non-hydrogen) atoms. The SMILES string of the molecule is NC(Cc1ccc(F)cc1F)c1ncc(Cl)cc1Cl. The predicted octanol–water partition coefficient (Wildman–Crippen LogP) is 3.91. The van der Waals surface area contributed by atoms with Gasteiger partial charge in [0.25, 0.3) is 0 Å². The first-order valence-corrected chi connectivity index (χ1v) is 6.23. The van der Waals surface area contributed by atoms with Crippen molar-refractivity contribution in [2.24, 2.45) is 5.73 Å². The number of nitrogens with zero attached hydrogens (tertiary/aromatic N) is 1. The van der Waals surface area contributed by atoms with E-state index in [1.807, 2.05) is 0 Å². The van der Waals surface area contributed by atoms with Crippen LogP contribution < -0.4 is 5.73 Å². The van der Waals surface area contributed by atoms with Crippen molar-refractivity contribution >= 4 is 23.2 Å². The van der Waals surface area contributed by atoms with Crippen molar-refractivity contribution in [2.75, 3.05) is 0 Å². The van der Waals surface area contributed by atoms with Crippen LogP contribution >= 0.6 is 23.2 Å². The number of hydrogen-bond donors (Lipinski definition) is 1. The van der Waals surface area contributed by atoms with E-state index in [0.29, 0.717) is 21.3 Å². The average Bonchev–Trinajstić information content (AvgIpc) is 2.32. The largest absolute Gasteiger partial charge is 0.322 e. The second-order valence-corrected chi connectivity index (χ2v) is 4.91. The summed E-state index contributed by atoms with van der Waals surface area (Å²) < 4.78 is 26.3. The molecule has 0 aliphatic carbocycles. The Balaban J connectivity index is 2.23. The van der Waals surface area contributed by atoms with Gasteiger partial charge in [-0.1, -0.05) is 29.3 Å². The quantitative estimate of drug-likeness (QED) is 0.933. The zero-order chi connectivity index (χ0) is 14.0. The zero-order valence-electron chi connectivity index (χ0n) is 9.71. The minimum absolute atomic E-state index is 0.167. The van der Waals surface area contributed by atoms with Gasteiger partial charge in [0.05, 0.1) is 21.8 Å². The van der Waals surface area contributed by atoms with Gasteiger partial charge in [-0.25, -0.2) is 8.78 Å². The highest BCUT2D eigenvalue weighted by Gasteiger charge is 2.15. The fourth-order valence-corrected chi connectivity index (χ4v) is 2.24. The minimum atomic E-state index is -0.638. The molecule has 0 saturated carbocycles. The van der Waals surface area contributed by atoms with Crippen LogP contribution in [0.4, 0.5) is 8.78 Å². The lowest BCUT2D eigenvalue weighted by atomic mass is 10.0. The Morgan fingerprint density at radius 3 is 2.58 bits per heavy atom. The number of rotatable bonds is 3. The Morgan fingerprint density at radius 2 is 1.95 bits per heavy atom. The van der Waals surface area contributed by atoms with Crippen LogP contribution in [0.3, 0.4) is 0 Å². The smallest absolute Gasteiger partial charge is 0.129 e. The van der Waals surface area contributed by atoms with Gasteiger partial charge >= 0.3 is 0 Å². The lowest BCUT2D eigenvalue weighted by molar-refractivity contribution is 0.561. The van der Waals surface area contributed by atoms with Gasteiger partial charge in [0.2, 0.25) is 0 Å². The summed E-state index contributed by atoms with van der Waals surface area (Å²) in [5.74, 6) is -1.27. The van der Waals surface area contributed by atoms with E-state index in [1.165, 1.54) is 24.4 Å². The van der Waals surface area contributed by atoms with E-state index in [4.69, 9.17) is 28.9 Å². The van der Waals surface area contributed by atoms with Gasteiger partial charge in [0.1, 0.15) is 11.6 Å². The van der Waals surface area contributed by atoms with Crippen LogP contribution in [-0.4, -0.2) is 4.98 Å². The molecule has 0 bridgehead atoms. The number of benzene rings is 1. The van der Waals surface area contributed by atoms with Crippen molar-refractivity contribution in [1.82, 2.24) is 4.98 Å². The standard InChI is InChI=1S/C13H10Cl2F2N2/c14-8-4-10(15)13(19-6-8)12(18)3-7-1-2-9(16)5-11(7)17/h1-2,4-6,12H,3,18H2. The molecule has 2 rings (SSSR count). The van der Waals surface area contributed by atoms with Gasteiger partial charge < -0.3 is 5.73 Å². The second-order valence-electron chi connectivity index (χ2n) is 4.07. The topological polar surface area (TPSA) is 38.9 Å². The van der Waals surface area contributed by atoms with Crippen LogP contribution in [0.2, 0.25) is 10.0 Å². The normalized spacial score (nSPS) is 12.5. The lowest BCUT2D eigenvalue weighted by Gasteiger charge is -2.13. The van der Waals surface area contributed by atoms with Crippen LogP contribution in [0.15, 0.2) is 30.5 Å². The molecule has 0 fully saturated rings. The number of aromatic nitrogens is 1. The summed E-state index contributed by atoms with van der Waals surface area (Å²) in [6.45, 7) is 0. The van der Waals surface area contributed by atoms with Crippen molar-refractivity contribution in [2.45, 2.75) is 12.5 Å². The number of hydrogen-bond acceptors (Lipinski definition) is 2. The Morgan fingerprint density at radius 1 is 1.21 bits per heavy atom. The fraction of sp³-hybridized carbons (Fsp3) is 0.154. The van der Waals surface area contributed by atoms with Crippen molar-refractivity contribution in [3.8, 4) is 0 Å². The highest BCUT2D eigenvalue weighted by molar-refractivity contribution is 6.34. The van der Waals surface area contributed by atoms with E-state index in [2.05, 4.69) is 4.98 Å². The Labute approximate surface area is 119 Å². The minimum Gasteiger partial charge on any atom is -0.322 e. The molecule has 0 radical (unpaired) electrons. The molecule has 1 unspecified atom stereocenters. The summed E-state index contributed by atoms with van der Waals surface area (Å²) in [4.78, 5) is 4.04. The molecule has 0 aliphatic heterocycles. The molecule has 0 saturated heterocycles. The summed E-state index contributed by atoms with van der Waals surface area (Å²) in [7, 11) is 0. The maximum atomic E-state index is 13.5. The maximum Gasteiger partial charge on any atom is 0.129 e. The van der Waals surface area contributed by atoms with E-state index >= 15 is 0 Å². The van der Waals surface area contributed by atoms with Gasteiger partial charge in [0, 0.05) is 12.3 Å². The summed E-state index contributed by atoms with van der Waals surface area (Å²) in [6.07, 6.45) is 1.59. The first-order valence-electron chi connectivity index (χ1n) is 5.48. The van der Waals surface area contributed by atoms with Gasteiger partial charge in [-0.2, -0.15) is 0 Å². The summed E-state index contributed by atoms with van der Waals surface area (Å²) in [5, 5.41) is 0.719. The molecule has 2 N–H and O–H groups in total. The van der Waals surface area contributed by atoms with Crippen molar-refractivity contribution in [1.29, 1.82) is 0 Å². The Bertz CT molecular complexity index is 605. The van der Waals surface area contributed by atoms with Gasteiger partial charge in [-0.3, -0.25) is 4.98 Å². The Hall–Kier alpha value is -1.23. The molecule has 0 spiro atoms. The zero-order valence-corrected chi connectivity index (χ0v) is 11.2. The monoisotopic (exact) mass is 302 g/mol. The van der Waals surface area contributed by atoms with Crippen molar-refractivity contribution < 1.29 is 8.78 Å². The average molecular weight is 303 g/mol. The number of halogens is 4. The van der Waals surface area contributed by atoms with Crippen molar-refractivity contribution in [3.05, 3.63) is 63.4 Å². The van der Waals surface area contributed by atoms with Gasteiger partial charge in [-0.15, -0.1) is 0 Å². The van der Waals surface area contributed by atoms with Gasteiger partial charge in [0.15, 0.2) is 0 Å². The predicted molar refractivity (Wildman–Crippen MR) is 71.2 cm³/mol. The molecular weight excluding hydrogens is 293 g/mol. The number of pyridine rings is 1. The molecule has 1 atom stereocenters. The van der Waals surface area contributed by atoms with Crippen LogP contribution in [0, 0.1) is 11.6 Å². The van der Waals surface area contributed by atoms with Crippen LogP contribution in [0.1, 0.15) is 17.3 Å². The third kappa shape index (κ3) is 3.41.